The first-order valence-corrected chi connectivity index (χ1v) is 13.8. The van der Waals surface area contributed by atoms with E-state index in [0.29, 0.717) is 74.5 Å². The summed E-state index contributed by atoms with van der Waals surface area (Å²) in [6, 6.07) is 24.1. The molecule has 4 aromatic rings. The SMILES string of the molecule is COc1ccc(Nc2nc(NCCOCCOCCNC(=O)c3ccccc3)nc(NCc3ccc(Cl)cc3)n2)cc1. The lowest BCUT2D eigenvalue weighted by molar-refractivity contribution is 0.0519. The maximum absolute atomic E-state index is 12.0. The van der Waals surface area contributed by atoms with Crippen LogP contribution in [-0.2, 0) is 16.0 Å². The van der Waals surface area contributed by atoms with Crippen LogP contribution in [0.1, 0.15) is 15.9 Å². The van der Waals surface area contributed by atoms with Gasteiger partial charge >= 0.3 is 0 Å². The molecular formula is C30H34ClN7O4. The van der Waals surface area contributed by atoms with Gasteiger partial charge < -0.3 is 35.5 Å². The van der Waals surface area contributed by atoms with E-state index in [1.807, 2.05) is 66.7 Å². The van der Waals surface area contributed by atoms with Crippen LogP contribution in [0.4, 0.5) is 23.5 Å². The number of ether oxygens (including phenoxy) is 3. The Morgan fingerprint density at radius 2 is 1.38 bits per heavy atom. The fraction of sp³-hybridized carbons (Fsp3) is 0.267. The second kappa shape index (κ2) is 16.7. The van der Waals surface area contributed by atoms with E-state index < -0.39 is 0 Å². The summed E-state index contributed by atoms with van der Waals surface area (Å²) in [6.07, 6.45) is 0. The summed E-state index contributed by atoms with van der Waals surface area (Å²) < 4.78 is 16.4. The number of anilines is 4. The van der Waals surface area contributed by atoms with Crippen LogP contribution < -0.4 is 26.0 Å². The summed E-state index contributed by atoms with van der Waals surface area (Å²) in [7, 11) is 1.62. The Kier molecular flexibility index (Phi) is 12.1. The highest BCUT2D eigenvalue weighted by atomic mass is 35.5. The Morgan fingerprint density at radius 3 is 2.07 bits per heavy atom. The van der Waals surface area contributed by atoms with Crippen molar-refractivity contribution in [2.45, 2.75) is 6.54 Å². The van der Waals surface area contributed by atoms with Crippen LogP contribution in [0.2, 0.25) is 5.02 Å². The fourth-order valence-corrected chi connectivity index (χ4v) is 3.79. The molecule has 0 aliphatic carbocycles. The number of methoxy groups -OCH3 is 1. The first-order chi connectivity index (χ1) is 20.6. The average Bonchev–Trinajstić information content (AvgIpc) is 3.02. The summed E-state index contributed by atoms with van der Waals surface area (Å²) >= 11 is 6.00. The predicted molar refractivity (Wildman–Crippen MR) is 164 cm³/mol. The zero-order valence-electron chi connectivity index (χ0n) is 23.3. The monoisotopic (exact) mass is 591 g/mol. The van der Waals surface area contributed by atoms with Crippen molar-refractivity contribution in [3.63, 3.8) is 0 Å². The molecule has 0 radical (unpaired) electrons. The summed E-state index contributed by atoms with van der Waals surface area (Å²) in [5.41, 5.74) is 2.47. The Balaban J connectivity index is 1.20. The number of aromatic nitrogens is 3. The van der Waals surface area contributed by atoms with E-state index in [9.17, 15) is 4.79 Å². The summed E-state index contributed by atoms with van der Waals surface area (Å²) in [6.45, 7) is 3.09. The van der Waals surface area contributed by atoms with E-state index in [1.54, 1.807) is 19.2 Å². The molecule has 0 bridgehead atoms. The smallest absolute Gasteiger partial charge is 0.251 e. The van der Waals surface area contributed by atoms with Gasteiger partial charge in [0.2, 0.25) is 17.8 Å². The van der Waals surface area contributed by atoms with Crippen molar-refractivity contribution in [3.8, 4) is 5.75 Å². The third kappa shape index (κ3) is 10.5. The van der Waals surface area contributed by atoms with Gasteiger partial charge in [-0.05, 0) is 54.1 Å². The molecule has 0 saturated heterocycles. The minimum absolute atomic E-state index is 0.120. The Labute approximate surface area is 250 Å². The molecule has 0 aliphatic heterocycles. The highest BCUT2D eigenvalue weighted by molar-refractivity contribution is 6.30. The van der Waals surface area contributed by atoms with Gasteiger partial charge in [-0.25, -0.2) is 0 Å². The highest BCUT2D eigenvalue weighted by Gasteiger charge is 2.08. The van der Waals surface area contributed by atoms with Crippen LogP contribution in [0.3, 0.4) is 0 Å². The molecule has 11 nitrogen and oxygen atoms in total. The molecule has 3 aromatic carbocycles. The van der Waals surface area contributed by atoms with E-state index in [2.05, 4.69) is 36.2 Å². The standard InChI is InChI=1S/C30H34ClN7O4/c1-40-26-13-11-25(12-14-26)35-30-37-28(36-29(38-30)34-21-22-7-9-24(31)10-8-22)33-16-18-42-20-19-41-17-15-32-27(39)23-5-3-2-4-6-23/h2-14H,15-21H2,1H3,(H,32,39)(H3,33,34,35,36,37,38). The number of nitrogens with zero attached hydrogens (tertiary/aromatic N) is 3. The number of carbonyl (C=O) groups is 1. The summed E-state index contributed by atoms with van der Waals surface area (Å²) in [4.78, 5) is 25.5. The quantitative estimate of drug-likeness (QED) is 0.127. The first-order valence-electron chi connectivity index (χ1n) is 13.5. The largest absolute Gasteiger partial charge is 0.497 e. The van der Waals surface area contributed by atoms with Crippen LogP contribution in [0, 0.1) is 0 Å². The van der Waals surface area contributed by atoms with Crippen LogP contribution >= 0.6 is 11.6 Å². The molecule has 0 atom stereocenters. The van der Waals surface area contributed by atoms with Crippen molar-refractivity contribution in [2.75, 3.05) is 62.6 Å². The van der Waals surface area contributed by atoms with E-state index in [0.717, 1.165) is 17.0 Å². The van der Waals surface area contributed by atoms with Crippen LogP contribution in [0.25, 0.3) is 0 Å². The molecule has 1 aromatic heterocycles. The number of halogens is 1. The normalized spacial score (nSPS) is 10.6. The lowest BCUT2D eigenvalue weighted by Gasteiger charge is -2.12. The molecule has 12 heteroatoms. The predicted octanol–water partition coefficient (Wildman–Crippen LogP) is 4.76. The Morgan fingerprint density at radius 1 is 0.738 bits per heavy atom. The molecule has 42 heavy (non-hydrogen) atoms. The number of amides is 1. The summed E-state index contributed by atoms with van der Waals surface area (Å²) in [5, 5.41) is 13.1. The molecule has 0 saturated carbocycles. The number of rotatable bonds is 17. The molecular weight excluding hydrogens is 558 g/mol. The van der Waals surface area contributed by atoms with Crippen molar-refractivity contribution < 1.29 is 19.0 Å². The van der Waals surface area contributed by atoms with E-state index >= 15 is 0 Å². The van der Waals surface area contributed by atoms with Gasteiger partial charge in [-0.15, -0.1) is 0 Å². The Bertz CT molecular complexity index is 1380. The van der Waals surface area contributed by atoms with E-state index in [-0.39, 0.29) is 5.91 Å². The number of hydrogen-bond acceptors (Lipinski definition) is 10. The van der Waals surface area contributed by atoms with E-state index in [1.165, 1.54) is 0 Å². The first kappa shape index (κ1) is 30.5. The van der Waals surface area contributed by atoms with Crippen LogP contribution in [0.15, 0.2) is 78.9 Å². The van der Waals surface area contributed by atoms with Gasteiger partial charge in [0, 0.05) is 35.9 Å². The molecule has 0 fully saturated rings. The zero-order chi connectivity index (χ0) is 29.4. The zero-order valence-corrected chi connectivity index (χ0v) is 24.1. The maximum Gasteiger partial charge on any atom is 0.251 e. The van der Waals surface area contributed by atoms with Gasteiger partial charge in [0.05, 0.1) is 33.5 Å². The van der Waals surface area contributed by atoms with Crippen LogP contribution in [0.5, 0.6) is 5.75 Å². The number of benzene rings is 3. The molecule has 0 unspecified atom stereocenters. The lowest BCUT2D eigenvalue weighted by atomic mass is 10.2. The van der Waals surface area contributed by atoms with Crippen molar-refractivity contribution in [2.24, 2.45) is 0 Å². The maximum atomic E-state index is 12.0. The van der Waals surface area contributed by atoms with Crippen molar-refractivity contribution in [1.29, 1.82) is 0 Å². The molecule has 0 spiro atoms. The van der Waals surface area contributed by atoms with Gasteiger partial charge in [0.1, 0.15) is 5.75 Å². The van der Waals surface area contributed by atoms with E-state index in [4.69, 9.17) is 25.8 Å². The Hall–Kier alpha value is -4.45. The van der Waals surface area contributed by atoms with Crippen molar-refractivity contribution in [1.82, 2.24) is 20.3 Å². The van der Waals surface area contributed by atoms with Crippen molar-refractivity contribution in [3.05, 3.63) is 95.0 Å². The minimum Gasteiger partial charge on any atom is -0.497 e. The van der Waals surface area contributed by atoms with Gasteiger partial charge in [0.25, 0.3) is 5.91 Å². The van der Waals surface area contributed by atoms with Crippen molar-refractivity contribution >= 4 is 41.0 Å². The number of nitrogens with one attached hydrogen (secondary N) is 4. The topological polar surface area (TPSA) is 132 Å². The van der Waals surface area contributed by atoms with Gasteiger partial charge in [-0.1, -0.05) is 41.9 Å². The van der Waals surface area contributed by atoms with Gasteiger partial charge in [-0.3, -0.25) is 4.79 Å². The number of hydrogen-bond donors (Lipinski definition) is 4. The average molecular weight is 592 g/mol. The fourth-order valence-electron chi connectivity index (χ4n) is 3.66. The van der Waals surface area contributed by atoms with Gasteiger partial charge in [-0.2, -0.15) is 15.0 Å². The molecule has 220 valence electrons. The molecule has 1 heterocycles. The molecule has 0 aliphatic rings. The third-order valence-corrected chi connectivity index (χ3v) is 6.07. The molecule has 4 N–H and O–H groups in total. The third-order valence-electron chi connectivity index (χ3n) is 5.81. The molecule has 4 rings (SSSR count). The van der Waals surface area contributed by atoms with Crippen LogP contribution in [-0.4, -0.2) is 67.5 Å². The second-order valence-corrected chi connectivity index (χ2v) is 9.35. The summed E-state index contributed by atoms with van der Waals surface area (Å²) in [5.74, 6) is 1.82. The second-order valence-electron chi connectivity index (χ2n) is 8.91. The highest BCUT2D eigenvalue weighted by Crippen LogP contribution is 2.20. The molecule has 1 amide bonds. The lowest BCUT2D eigenvalue weighted by Crippen LogP contribution is -2.27. The number of carbonyl (C=O) groups excluding carboxylic acids is 1. The minimum atomic E-state index is -0.120. The van der Waals surface area contributed by atoms with Gasteiger partial charge in [0.15, 0.2) is 0 Å².